The van der Waals surface area contributed by atoms with Crippen molar-refractivity contribution in [2.75, 3.05) is 26.2 Å². The van der Waals surface area contributed by atoms with E-state index in [9.17, 15) is 14.9 Å². The fourth-order valence-corrected chi connectivity index (χ4v) is 4.39. The molecule has 6 heteroatoms. The maximum atomic E-state index is 13.1. The molecule has 2 saturated heterocycles. The third-order valence-electron chi connectivity index (χ3n) is 5.85. The van der Waals surface area contributed by atoms with Gasteiger partial charge >= 0.3 is 0 Å². The lowest BCUT2D eigenvalue weighted by molar-refractivity contribution is -0.384. The molecule has 0 saturated carbocycles. The predicted octanol–water partition coefficient (Wildman–Crippen LogP) is 3.96. The van der Waals surface area contributed by atoms with Gasteiger partial charge in [-0.2, -0.15) is 0 Å². The Labute approximate surface area is 164 Å². The van der Waals surface area contributed by atoms with Crippen molar-refractivity contribution in [3.8, 4) is 11.1 Å². The second-order valence-corrected chi connectivity index (χ2v) is 7.65. The van der Waals surface area contributed by atoms with E-state index in [1.54, 1.807) is 42.5 Å². The Morgan fingerprint density at radius 3 is 2.43 bits per heavy atom. The number of nitro benzene ring substituents is 1. The van der Waals surface area contributed by atoms with Crippen molar-refractivity contribution in [3.63, 3.8) is 0 Å². The summed E-state index contributed by atoms with van der Waals surface area (Å²) in [4.78, 5) is 28.4. The molecule has 0 bridgehead atoms. The minimum Gasteiger partial charge on any atom is -0.334 e. The van der Waals surface area contributed by atoms with Gasteiger partial charge in [-0.1, -0.05) is 24.3 Å². The number of carbonyl (C=O) groups excluding carboxylic acids is 1. The molecule has 0 radical (unpaired) electrons. The summed E-state index contributed by atoms with van der Waals surface area (Å²) in [6.07, 6.45) is 4.64. The van der Waals surface area contributed by atoms with Gasteiger partial charge in [-0.15, -0.1) is 0 Å². The molecule has 6 nitrogen and oxygen atoms in total. The zero-order valence-corrected chi connectivity index (χ0v) is 15.9. The third-order valence-corrected chi connectivity index (χ3v) is 5.85. The Morgan fingerprint density at radius 1 is 1.00 bits per heavy atom. The van der Waals surface area contributed by atoms with Gasteiger partial charge in [-0.05, 0) is 62.5 Å². The average Bonchev–Trinajstić information content (AvgIpc) is 3.40. The largest absolute Gasteiger partial charge is 0.334 e. The van der Waals surface area contributed by atoms with Crippen LogP contribution in [-0.4, -0.2) is 52.9 Å². The molecule has 2 fully saturated rings. The summed E-state index contributed by atoms with van der Waals surface area (Å²) in [5.41, 5.74) is 2.04. The van der Waals surface area contributed by atoms with Crippen molar-refractivity contribution in [2.24, 2.45) is 0 Å². The van der Waals surface area contributed by atoms with Crippen LogP contribution in [0.25, 0.3) is 11.1 Å². The molecular weight excluding hydrogens is 354 g/mol. The van der Waals surface area contributed by atoms with E-state index in [-0.39, 0.29) is 16.5 Å². The van der Waals surface area contributed by atoms with Crippen LogP contribution in [0.15, 0.2) is 48.5 Å². The molecule has 2 aliphatic rings. The number of hydrogen-bond donors (Lipinski definition) is 0. The Bertz CT molecular complexity index is 860. The highest BCUT2D eigenvalue weighted by Crippen LogP contribution is 2.30. The number of nitro groups is 1. The van der Waals surface area contributed by atoms with Gasteiger partial charge in [-0.3, -0.25) is 14.9 Å². The van der Waals surface area contributed by atoms with Crippen LogP contribution in [0, 0.1) is 10.1 Å². The van der Waals surface area contributed by atoms with Crippen LogP contribution in [0.2, 0.25) is 0 Å². The summed E-state index contributed by atoms with van der Waals surface area (Å²) in [5, 5.41) is 11.3. The van der Waals surface area contributed by atoms with E-state index >= 15 is 0 Å². The highest BCUT2D eigenvalue weighted by molar-refractivity contribution is 5.95. The molecule has 28 heavy (non-hydrogen) atoms. The number of carbonyl (C=O) groups is 1. The van der Waals surface area contributed by atoms with Crippen molar-refractivity contribution in [2.45, 2.75) is 31.7 Å². The van der Waals surface area contributed by atoms with E-state index in [0.29, 0.717) is 17.2 Å². The number of nitrogens with zero attached hydrogens (tertiary/aromatic N) is 3. The van der Waals surface area contributed by atoms with Crippen molar-refractivity contribution in [1.29, 1.82) is 0 Å². The lowest BCUT2D eigenvalue weighted by Crippen LogP contribution is -2.42. The third kappa shape index (κ3) is 3.78. The Kier molecular flexibility index (Phi) is 5.39. The Balaban J connectivity index is 1.50. The predicted molar refractivity (Wildman–Crippen MR) is 108 cm³/mol. The number of amides is 1. The lowest BCUT2D eigenvalue weighted by Gasteiger charge is -2.28. The highest BCUT2D eigenvalue weighted by atomic mass is 16.6. The highest BCUT2D eigenvalue weighted by Gasteiger charge is 2.31. The summed E-state index contributed by atoms with van der Waals surface area (Å²) in [7, 11) is 0. The molecule has 146 valence electrons. The average molecular weight is 379 g/mol. The van der Waals surface area contributed by atoms with Crippen molar-refractivity contribution in [1.82, 2.24) is 9.80 Å². The van der Waals surface area contributed by atoms with E-state index < -0.39 is 0 Å². The summed E-state index contributed by atoms with van der Waals surface area (Å²) in [5.74, 6) is 0.0656. The molecule has 1 amide bonds. The number of para-hydroxylation sites is 1. The van der Waals surface area contributed by atoms with Crippen LogP contribution in [0.1, 0.15) is 36.0 Å². The molecule has 4 rings (SSSR count). The van der Waals surface area contributed by atoms with Gasteiger partial charge < -0.3 is 9.80 Å². The summed E-state index contributed by atoms with van der Waals surface area (Å²) >= 11 is 0. The lowest BCUT2D eigenvalue weighted by atomic mass is 10.0. The standard InChI is InChI=1S/C22H25N3O3/c26-22(24-15-5-6-19(24)16-23-13-3-4-14-23)18-11-9-17(10-12-18)20-7-1-2-8-21(20)25(27)28/h1-2,7-12,19H,3-6,13-16H2/t19-/m0/s1. The molecule has 0 aliphatic carbocycles. The quantitative estimate of drug-likeness (QED) is 0.582. The van der Waals surface area contributed by atoms with Crippen molar-refractivity contribution in [3.05, 3.63) is 64.2 Å². The fraction of sp³-hybridized carbons (Fsp3) is 0.409. The summed E-state index contributed by atoms with van der Waals surface area (Å²) in [6, 6.07) is 14.2. The maximum Gasteiger partial charge on any atom is 0.277 e. The first-order valence-corrected chi connectivity index (χ1v) is 10.0. The summed E-state index contributed by atoms with van der Waals surface area (Å²) in [6.45, 7) is 4.06. The first-order valence-electron chi connectivity index (χ1n) is 10.0. The normalized spacial score (nSPS) is 19.9. The number of rotatable bonds is 5. The van der Waals surface area contributed by atoms with E-state index in [1.807, 2.05) is 4.90 Å². The Morgan fingerprint density at radius 2 is 1.71 bits per heavy atom. The van der Waals surface area contributed by atoms with Crippen LogP contribution < -0.4 is 0 Å². The van der Waals surface area contributed by atoms with Crippen LogP contribution in [0.5, 0.6) is 0 Å². The van der Waals surface area contributed by atoms with Crippen LogP contribution in [-0.2, 0) is 0 Å². The van der Waals surface area contributed by atoms with Crippen LogP contribution in [0.3, 0.4) is 0 Å². The van der Waals surface area contributed by atoms with Crippen LogP contribution in [0.4, 0.5) is 5.69 Å². The molecule has 0 unspecified atom stereocenters. The topological polar surface area (TPSA) is 66.7 Å². The van der Waals surface area contributed by atoms with Gasteiger partial charge in [0.2, 0.25) is 0 Å². The van der Waals surface area contributed by atoms with E-state index in [1.165, 1.54) is 18.9 Å². The zero-order chi connectivity index (χ0) is 19.5. The van der Waals surface area contributed by atoms with Gasteiger partial charge in [-0.25, -0.2) is 0 Å². The number of likely N-dealkylation sites (tertiary alicyclic amines) is 2. The SMILES string of the molecule is O=C(c1ccc(-c2ccccc2[N+](=O)[O-])cc1)N1CCC[C@H]1CN1CCCC1. The molecule has 1 atom stereocenters. The first-order chi connectivity index (χ1) is 13.6. The molecule has 2 aromatic rings. The monoisotopic (exact) mass is 379 g/mol. The molecule has 0 spiro atoms. The van der Waals surface area contributed by atoms with Gasteiger partial charge in [0.05, 0.1) is 10.5 Å². The number of hydrogen-bond acceptors (Lipinski definition) is 4. The smallest absolute Gasteiger partial charge is 0.277 e. The van der Waals surface area contributed by atoms with Crippen molar-refractivity contribution < 1.29 is 9.72 Å². The minimum absolute atomic E-state index is 0.0656. The number of benzene rings is 2. The van der Waals surface area contributed by atoms with E-state index in [2.05, 4.69) is 4.90 Å². The summed E-state index contributed by atoms with van der Waals surface area (Å²) < 4.78 is 0. The van der Waals surface area contributed by atoms with Crippen LogP contribution >= 0.6 is 0 Å². The minimum atomic E-state index is -0.373. The van der Waals surface area contributed by atoms with Gasteiger partial charge in [0.15, 0.2) is 0 Å². The molecule has 0 aromatic heterocycles. The zero-order valence-electron chi connectivity index (χ0n) is 15.9. The van der Waals surface area contributed by atoms with Gasteiger partial charge in [0.1, 0.15) is 0 Å². The molecule has 2 aromatic carbocycles. The fourth-order valence-electron chi connectivity index (χ4n) is 4.39. The molecule has 0 N–H and O–H groups in total. The Hall–Kier alpha value is -2.73. The van der Waals surface area contributed by atoms with Gasteiger partial charge in [0, 0.05) is 30.8 Å². The van der Waals surface area contributed by atoms with Crippen molar-refractivity contribution >= 4 is 11.6 Å². The second-order valence-electron chi connectivity index (χ2n) is 7.65. The van der Waals surface area contributed by atoms with E-state index in [0.717, 1.165) is 44.6 Å². The molecule has 2 aliphatic heterocycles. The molecule has 2 heterocycles. The van der Waals surface area contributed by atoms with E-state index in [4.69, 9.17) is 0 Å². The first kappa shape index (κ1) is 18.6. The van der Waals surface area contributed by atoms with Gasteiger partial charge in [0.25, 0.3) is 11.6 Å². The molecular formula is C22H25N3O3. The maximum absolute atomic E-state index is 13.1. The second kappa shape index (κ2) is 8.10.